The van der Waals surface area contributed by atoms with Gasteiger partial charge in [-0.25, -0.2) is 4.79 Å². The summed E-state index contributed by atoms with van der Waals surface area (Å²) >= 11 is 0. The third-order valence-corrected chi connectivity index (χ3v) is 1.99. The monoisotopic (exact) mass is 201 g/mol. The molecule has 0 aromatic carbocycles. The first-order chi connectivity index (χ1) is 6.49. The lowest BCUT2D eigenvalue weighted by atomic mass is 9.99. The van der Waals surface area contributed by atoms with Crippen molar-refractivity contribution < 1.29 is 9.59 Å². The summed E-state index contributed by atoms with van der Waals surface area (Å²) in [4.78, 5) is 21.9. The molecule has 0 saturated heterocycles. The lowest BCUT2D eigenvalue weighted by molar-refractivity contribution is -0.123. The average molecular weight is 201 g/mol. The Hall–Kier alpha value is -1.10. The van der Waals surface area contributed by atoms with Crippen molar-refractivity contribution in [2.24, 2.45) is 11.7 Å². The number of hydrogen-bond donors (Lipinski definition) is 3. The fourth-order valence-corrected chi connectivity index (χ4v) is 1.17. The van der Waals surface area contributed by atoms with E-state index in [4.69, 9.17) is 5.73 Å². The lowest BCUT2D eigenvalue weighted by Crippen LogP contribution is -2.40. The number of hydrogen-bond acceptors (Lipinski definition) is 3. The second kappa shape index (κ2) is 6.37. The van der Waals surface area contributed by atoms with Gasteiger partial charge in [-0.15, -0.1) is 0 Å². The van der Waals surface area contributed by atoms with E-state index < -0.39 is 6.03 Å². The number of carbonyl (C=O) groups excluding carboxylic acids is 2. The number of likely N-dealkylation sites (N-methyl/N-ethyl adjacent to an activating group) is 1. The number of amides is 2. The number of ketones is 1. The maximum absolute atomic E-state index is 11.5. The zero-order valence-electron chi connectivity index (χ0n) is 8.96. The largest absolute Gasteiger partial charge is 0.352 e. The fourth-order valence-electron chi connectivity index (χ4n) is 1.17. The Morgan fingerprint density at radius 3 is 2.29 bits per heavy atom. The van der Waals surface area contributed by atoms with Crippen LogP contribution in [0.3, 0.4) is 0 Å². The summed E-state index contributed by atoms with van der Waals surface area (Å²) in [5.41, 5.74) is 4.90. The minimum atomic E-state index is -0.558. The first kappa shape index (κ1) is 12.9. The second-order valence-corrected chi connectivity index (χ2v) is 3.48. The highest BCUT2D eigenvalue weighted by molar-refractivity contribution is 5.85. The highest BCUT2D eigenvalue weighted by Gasteiger charge is 2.18. The molecule has 5 nitrogen and oxygen atoms in total. The van der Waals surface area contributed by atoms with Crippen LogP contribution >= 0.6 is 0 Å². The third-order valence-electron chi connectivity index (χ3n) is 1.99. The van der Waals surface area contributed by atoms with Crippen molar-refractivity contribution in [3.8, 4) is 0 Å². The van der Waals surface area contributed by atoms with Gasteiger partial charge < -0.3 is 16.4 Å². The summed E-state index contributed by atoms with van der Waals surface area (Å²) in [7, 11) is 1.73. The summed E-state index contributed by atoms with van der Waals surface area (Å²) < 4.78 is 0. The molecule has 5 heteroatoms. The Morgan fingerprint density at radius 1 is 1.36 bits per heavy atom. The van der Waals surface area contributed by atoms with Crippen LogP contribution in [0.2, 0.25) is 0 Å². The van der Waals surface area contributed by atoms with Crippen molar-refractivity contribution in [1.82, 2.24) is 10.6 Å². The molecule has 0 fully saturated rings. The van der Waals surface area contributed by atoms with E-state index in [2.05, 4.69) is 10.6 Å². The van der Waals surface area contributed by atoms with Crippen molar-refractivity contribution in [2.75, 3.05) is 13.6 Å². The van der Waals surface area contributed by atoms with Crippen molar-refractivity contribution in [1.29, 1.82) is 0 Å². The molecule has 0 spiro atoms. The van der Waals surface area contributed by atoms with Gasteiger partial charge in [-0.05, 0) is 13.5 Å². The molecule has 4 N–H and O–H groups in total. The van der Waals surface area contributed by atoms with E-state index in [-0.39, 0.29) is 17.7 Å². The normalized spacial score (nSPS) is 12.6. The van der Waals surface area contributed by atoms with E-state index in [1.165, 1.54) is 0 Å². The molecule has 1 atom stereocenters. The molecule has 0 saturated carbocycles. The molecule has 0 aromatic heterocycles. The summed E-state index contributed by atoms with van der Waals surface area (Å²) in [5, 5.41) is 5.37. The highest BCUT2D eigenvalue weighted by Crippen LogP contribution is 2.02. The smallest absolute Gasteiger partial charge is 0.312 e. The molecule has 0 aromatic rings. The van der Waals surface area contributed by atoms with Crippen LogP contribution in [0.25, 0.3) is 0 Å². The van der Waals surface area contributed by atoms with Gasteiger partial charge in [0.2, 0.25) is 0 Å². The minimum Gasteiger partial charge on any atom is -0.352 e. The molecule has 0 radical (unpaired) electrons. The molecule has 0 heterocycles. The lowest BCUT2D eigenvalue weighted by Gasteiger charge is -2.16. The van der Waals surface area contributed by atoms with Crippen molar-refractivity contribution in [3.63, 3.8) is 0 Å². The van der Waals surface area contributed by atoms with Crippen LogP contribution in [0, 0.1) is 5.92 Å². The Balaban J connectivity index is 3.91. The second-order valence-electron chi connectivity index (χ2n) is 3.48. The fraction of sp³-hybridized carbons (Fsp3) is 0.778. The van der Waals surface area contributed by atoms with E-state index in [0.29, 0.717) is 13.0 Å². The van der Waals surface area contributed by atoms with Crippen LogP contribution in [-0.2, 0) is 4.79 Å². The van der Waals surface area contributed by atoms with Crippen LogP contribution in [0.15, 0.2) is 0 Å². The minimum absolute atomic E-state index is 0.000952. The molecular weight excluding hydrogens is 182 g/mol. The van der Waals surface area contributed by atoms with Crippen LogP contribution < -0.4 is 16.4 Å². The molecular formula is C9H19N3O2. The van der Waals surface area contributed by atoms with E-state index >= 15 is 0 Å². The molecule has 2 amide bonds. The number of nitrogens with two attached hydrogens (primary N) is 1. The van der Waals surface area contributed by atoms with Gasteiger partial charge in [-0.3, -0.25) is 4.79 Å². The molecule has 0 aliphatic rings. The van der Waals surface area contributed by atoms with Crippen molar-refractivity contribution >= 4 is 11.8 Å². The van der Waals surface area contributed by atoms with Gasteiger partial charge in [0.05, 0.1) is 6.04 Å². The predicted molar refractivity (Wildman–Crippen MR) is 54.9 cm³/mol. The Kier molecular flexibility index (Phi) is 5.87. The summed E-state index contributed by atoms with van der Waals surface area (Å²) in [6.45, 7) is 4.13. The summed E-state index contributed by atoms with van der Waals surface area (Å²) in [6.07, 6.45) is 0.566. The number of nitrogens with one attached hydrogen (secondary N) is 2. The Labute approximate surface area is 84.4 Å². The van der Waals surface area contributed by atoms with E-state index in [9.17, 15) is 9.59 Å². The van der Waals surface area contributed by atoms with Gasteiger partial charge in [0.15, 0.2) is 5.78 Å². The molecule has 82 valence electrons. The van der Waals surface area contributed by atoms with E-state index in [0.717, 1.165) is 0 Å². The number of carbonyl (C=O) groups is 2. The van der Waals surface area contributed by atoms with Crippen LogP contribution in [0.1, 0.15) is 20.3 Å². The van der Waals surface area contributed by atoms with Gasteiger partial charge in [-0.1, -0.05) is 13.8 Å². The molecule has 0 bridgehead atoms. The molecule has 0 rings (SSSR count). The van der Waals surface area contributed by atoms with Crippen LogP contribution in [0.5, 0.6) is 0 Å². The SMILES string of the molecule is CN[C@@H](CCNC(N)=O)C(=O)C(C)C. The average Bonchev–Trinajstić information content (AvgIpc) is 2.10. The quantitative estimate of drug-likeness (QED) is 0.559. The van der Waals surface area contributed by atoms with E-state index in [1.807, 2.05) is 13.8 Å². The van der Waals surface area contributed by atoms with Crippen molar-refractivity contribution in [3.05, 3.63) is 0 Å². The van der Waals surface area contributed by atoms with Gasteiger partial charge >= 0.3 is 6.03 Å². The Bertz CT molecular complexity index is 204. The first-order valence-electron chi connectivity index (χ1n) is 4.73. The molecule has 0 aliphatic heterocycles. The zero-order valence-corrected chi connectivity index (χ0v) is 8.96. The number of primary amides is 1. The highest BCUT2D eigenvalue weighted by atomic mass is 16.2. The summed E-state index contributed by atoms with van der Waals surface area (Å²) in [6, 6.07) is -0.765. The van der Waals surface area contributed by atoms with Crippen molar-refractivity contribution in [2.45, 2.75) is 26.3 Å². The van der Waals surface area contributed by atoms with Crippen LogP contribution in [-0.4, -0.2) is 31.4 Å². The Morgan fingerprint density at radius 2 is 1.93 bits per heavy atom. The van der Waals surface area contributed by atoms with E-state index in [1.54, 1.807) is 7.05 Å². The van der Waals surface area contributed by atoms with Gasteiger partial charge in [0.25, 0.3) is 0 Å². The predicted octanol–water partition coefficient (Wildman–Crippen LogP) is -0.142. The van der Waals surface area contributed by atoms with Gasteiger partial charge in [0.1, 0.15) is 0 Å². The number of urea groups is 1. The van der Waals surface area contributed by atoms with Crippen LogP contribution in [0.4, 0.5) is 4.79 Å². The van der Waals surface area contributed by atoms with Gasteiger partial charge in [-0.2, -0.15) is 0 Å². The molecule has 14 heavy (non-hydrogen) atoms. The zero-order chi connectivity index (χ0) is 11.1. The topological polar surface area (TPSA) is 84.2 Å². The standard InChI is InChI=1S/C9H19N3O2/c1-6(2)8(13)7(11-3)4-5-12-9(10)14/h6-7,11H,4-5H2,1-3H3,(H3,10,12,14)/t7-/m0/s1. The summed E-state index contributed by atoms with van der Waals surface area (Å²) in [5.74, 6) is 0.153. The maximum atomic E-state index is 11.5. The first-order valence-corrected chi connectivity index (χ1v) is 4.73. The van der Waals surface area contributed by atoms with Gasteiger partial charge in [0, 0.05) is 12.5 Å². The number of Topliss-reactive ketones (excluding diaryl/α,β-unsaturated/α-hetero) is 1. The molecule has 0 aliphatic carbocycles. The third kappa shape index (κ3) is 4.81. The maximum Gasteiger partial charge on any atom is 0.312 e. The number of rotatable bonds is 6. The molecule has 0 unspecified atom stereocenters.